The largest absolute Gasteiger partial charge is 0.444 e. The van der Waals surface area contributed by atoms with Gasteiger partial charge in [0.25, 0.3) is 0 Å². The minimum atomic E-state index is -0.598. The average molecular weight is 1430 g/mol. The molecule has 2 saturated carbocycles. The van der Waals surface area contributed by atoms with Crippen LogP contribution in [0.25, 0.3) is 32.8 Å². The molecule has 0 radical (unpaired) electrons. The Kier molecular flexibility index (Phi) is 15.6. The van der Waals surface area contributed by atoms with Gasteiger partial charge in [-0.2, -0.15) is 0 Å². The number of rotatable bonds is 10. The van der Waals surface area contributed by atoms with E-state index < -0.39 is 22.8 Å². The van der Waals surface area contributed by atoms with E-state index in [0.29, 0.717) is 92.2 Å². The highest BCUT2D eigenvalue weighted by atomic mass is 127. The maximum absolute atomic E-state index is 15.9. The van der Waals surface area contributed by atoms with Gasteiger partial charge in [-0.25, -0.2) is 33.3 Å². The van der Waals surface area contributed by atoms with Crippen LogP contribution in [0.3, 0.4) is 0 Å². The van der Waals surface area contributed by atoms with Crippen molar-refractivity contribution >= 4 is 151 Å². The molecule has 6 aliphatic heterocycles. The van der Waals surface area contributed by atoms with Crippen molar-refractivity contribution in [2.45, 2.75) is 115 Å². The number of imidazole rings is 1. The normalized spacial score (nSPS) is 22.9. The lowest BCUT2D eigenvalue weighted by molar-refractivity contribution is -0.128. The van der Waals surface area contributed by atoms with Crippen LogP contribution < -0.4 is 20.9 Å². The Bertz CT molecular complexity index is 3250. The minimum Gasteiger partial charge on any atom is -0.444 e. The van der Waals surface area contributed by atoms with Gasteiger partial charge in [0, 0.05) is 108 Å². The lowest BCUT2D eigenvalue weighted by atomic mass is 9.79. The first-order valence-electron chi connectivity index (χ1n) is 26.4. The van der Waals surface area contributed by atoms with Crippen LogP contribution in [0.1, 0.15) is 72.7 Å². The average Bonchev–Trinajstić information content (AvgIpc) is 4.34. The molecule has 18 nitrogen and oxygen atoms in total. The van der Waals surface area contributed by atoms with Crippen LogP contribution >= 0.6 is 77.0 Å². The molecule has 8 aliphatic rings. The number of hydrogen-bond donors (Lipinski definition) is 2. The van der Waals surface area contributed by atoms with E-state index in [-0.39, 0.29) is 59.2 Å². The van der Waals surface area contributed by atoms with Crippen molar-refractivity contribution in [2.24, 2.45) is 11.8 Å². The fourth-order valence-corrected chi connectivity index (χ4v) is 13.4. The van der Waals surface area contributed by atoms with Crippen molar-refractivity contribution in [3.05, 3.63) is 45.7 Å². The number of amides is 3. The summed E-state index contributed by atoms with van der Waals surface area (Å²) in [5, 5.41) is 4.94. The highest BCUT2D eigenvalue weighted by molar-refractivity contribution is 14.1. The van der Waals surface area contributed by atoms with Gasteiger partial charge in [-0.05, 0) is 172 Å². The van der Waals surface area contributed by atoms with Gasteiger partial charge in [0.1, 0.15) is 33.6 Å². The van der Waals surface area contributed by atoms with Gasteiger partial charge in [0.2, 0.25) is 5.91 Å². The number of carbonyl (C=O) groups excluding carboxylic acids is 3. The van der Waals surface area contributed by atoms with Gasteiger partial charge >= 0.3 is 12.2 Å². The molecule has 6 atom stereocenters. The number of nitrogens with zero attached hydrogens (tertiary/aromatic N) is 11. The number of nitrogens with two attached hydrogens (primary N) is 1. The van der Waals surface area contributed by atoms with E-state index in [1.807, 2.05) is 77.6 Å². The number of nitrogen functional groups attached to an aromatic ring is 1. The Morgan fingerprint density at radius 2 is 1.21 bits per heavy atom. The second-order valence-corrected chi connectivity index (χ2v) is 28.3. The zero-order valence-electron chi connectivity index (χ0n) is 46.2. The first-order valence-corrected chi connectivity index (χ1v) is 30.2. The molecule has 9 heterocycles. The number of benzene rings is 2. The Labute approximate surface area is 498 Å². The predicted molar refractivity (Wildman–Crippen MR) is 324 cm³/mol. The van der Waals surface area contributed by atoms with E-state index in [4.69, 9.17) is 30.2 Å². The maximum atomic E-state index is 15.9. The second kappa shape index (κ2) is 21.2. The zero-order valence-corrected chi connectivity index (χ0v) is 53.6. The molecule has 3 N–H and O–H groups in total. The molecular formula is C54H69Br2F2I2N13O5. The van der Waals surface area contributed by atoms with Crippen molar-refractivity contribution < 1.29 is 32.6 Å². The van der Waals surface area contributed by atoms with E-state index in [9.17, 15) is 14.4 Å². The summed E-state index contributed by atoms with van der Waals surface area (Å²) in [6, 6.07) is 4.54. The highest BCUT2D eigenvalue weighted by Gasteiger charge is 2.57. The van der Waals surface area contributed by atoms with Gasteiger partial charge in [-0.15, -0.1) is 0 Å². The van der Waals surface area contributed by atoms with Crippen molar-refractivity contribution in [3.8, 4) is 0 Å². The van der Waals surface area contributed by atoms with Gasteiger partial charge in [-0.3, -0.25) is 4.79 Å². The summed E-state index contributed by atoms with van der Waals surface area (Å²) in [5.74, 6) is 1.71. The molecule has 8 fully saturated rings. The quantitative estimate of drug-likeness (QED) is 0.1000. The van der Waals surface area contributed by atoms with Crippen molar-refractivity contribution in [2.75, 3.05) is 102 Å². The number of ether oxygens (including phenoxy) is 2. The van der Waals surface area contributed by atoms with E-state index in [2.05, 4.69) is 121 Å². The summed E-state index contributed by atoms with van der Waals surface area (Å²) in [5.41, 5.74) is 8.88. The fraction of sp³-hybridized carbons (Fsp3) is 0.593. The number of pyridine rings is 2. The number of hydrogen-bond acceptors (Lipinski definition) is 14. The number of carbonyl (C=O) groups is 3. The highest BCUT2D eigenvalue weighted by Crippen LogP contribution is 2.53. The predicted octanol–water partition coefficient (Wildman–Crippen LogP) is 9.54. The number of anilines is 4. The van der Waals surface area contributed by atoms with Crippen LogP contribution in [-0.4, -0.2) is 185 Å². The first kappa shape index (κ1) is 57.4. The van der Waals surface area contributed by atoms with Crippen LogP contribution in [-0.2, 0) is 20.7 Å². The SMILES string of the molecule is CN(C)C(=O)CCc1nc2c(N3CC(N(C)C)C3)nc3c(F)c(Br)c(I)cc3c2n1C1C2CC1N(C(=O)OC(C)(C)C)C2.CN(C)C1CN(c2nc3c(F)c(Br)c(I)cc3c(NC3C4CC3N(C(=O)OC(C)(C)C)C4)c2N)C1. The van der Waals surface area contributed by atoms with Gasteiger partial charge in [0.15, 0.2) is 23.3 Å². The van der Waals surface area contributed by atoms with Crippen molar-refractivity contribution in [1.29, 1.82) is 0 Å². The third-order valence-electron chi connectivity index (χ3n) is 16.2. The lowest BCUT2D eigenvalue weighted by Gasteiger charge is -2.44. The fourth-order valence-electron chi connectivity index (χ4n) is 11.7. The van der Waals surface area contributed by atoms with E-state index in [1.165, 1.54) is 0 Å². The molecule has 3 amide bonds. The number of fused-ring (bicyclic) bond motifs is 6. The van der Waals surface area contributed by atoms with Gasteiger partial charge < -0.3 is 59.4 Å². The molecule has 5 aromatic rings. The van der Waals surface area contributed by atoms with Gasteiger partial charge in [0.05, 0.1) is 50.0 Å². The molecule has 6 unspecified atom stereocenters. The number of aromatic nitrogens is 4. The van der Waals surface area contributed by atoms with Crippen LogP contribution in [0.2, 0.25) is 0 Å². The number of aryl methyl sites for hydroxylation is 1. The zero-order chi connectivity index (χ0) is 56.5. The summed E-state index contributed by atoms with van der Waals surface area (Å²) in [6.45, 7) is 15.5. The van der Waals surface area contributed by atoms with E-state index in [0.717, 1.165) is 57.5 Å². The molecule has 13 rings (SSSR count). The molecule has 2 aliphatic carbocycles. The third kappa shape index (κ3) is 10.4. The number of halogens is 6. The summed E-state index contributed by atoms with van der Waals surface area (Å²) in [7, 11) is 11.7. The summed E-state index contributed by atoms with van der Waals surface area (Å²) < 4.78 is 47.2. The van der Waals surface area contributed by atoms with Crippen molar-refractivity contribution in [3.63, 3.8) is 0 Å². The van der Waals surface area contributed by atoms with Crippen molar-refractivity contribution in [1.82, 2.24) is 44.0 Å². The summed E-state index contributed by atoms with van der Waals surface area (Å²) in [6.07, 6.45) is 1.89. The molecule has 78 heavy (non-hydrogen) atoms. The standard InChI is InChI=1S/C30H38BrFIN7O3.C24H31BrFIN6O2/c1-30(2,3)43-29(42)39-12-15-10-19(39)26(15)40-20(8-9-21(41)37(6)7)34-25-27(40)17-11-18(33)22(31)23(32)24(17)35-28(25)38-13-16(14-38)36(4)5;1-24(2,3)35-23(34)33-8-11-6-15(33)19(11)29-21-13-7-14(27)16(25)17(26)20(13)30-22(18(21)28)32-9-12(10-32)31(4)5/h11,15-16,19,26H,8-10,12-14H2,1-7H3;7,11-12,15,19H,6,8-10,28H2,1-5H3,(H,29,30). The Balaban J connectivity index is 0.000000180. The van der Waals surface area contributed by atoms with Gasteiger partial charge in [-0.1, -0.05) is 0 Å². The molecule has 3 aromatic heterocycles. The Morgan fingerprint density at radius 1 is 0.718 bits per heavy atom. The molecule has 2 aromatic carbocycles. The van der Waals surface area contributed by atoms with E-state index >= 15 is 8.78 Å². The second-order valence-electron chi connectivity index (χ2n) is 24.4. The molecule has 4 bridgehead atoms. The first-order chi connectivity index (χ1) is 36.5. The maximum Gasteiger partial charge on any atom is 0.410 e. The monoisotopic (exact) mass is 1430 g/mol. The number of likely N-dealkylation sites (N-methyl/N-ethyl adjacent to an activating group) is 2. The Morgan fingerprint density at radius 3 is 1.74 bits per heavy atom. The smallest absolute Gasteiger partial charge is 0.410 e. The molecule has 0 spiro atoms. The third-order valence-corrected chi connectivity index (χ3v) is 20.9. The van der Waals surface area contributed by atoms with Crippen LogP contribution in [0.15, 0.2) is 21.1 Å². The summed E-state index contributed by atoms with van der Waals surface area (Å²) in [4.78, 5) is 67.3. The van der Waals surface area contributed by atoms with E-state index in [1.54, 1.807) is 19.0 Å². The minimum absolute atomic E-state index is 0.00914. The van der Waals surface area contributed by atoms with Crippen LogP contribution in [0, 0.1) is 30.6 Å². The molecular weight excluding hydrogens is 1360 g/mol. The van der Waals surface area contributed by atoms with Crippen LogP contribution in [0.5, 0.6) is 0 Å². The summed E-state index contributed by atoms with van der Waals surface area (Å²) >= 11 is 11.0. The molecule has 422 valence electrons. The molecule has 6 saturated heterocycles. The Hall–Kier alpha value is -3.86. The lowest BCUT2D eigenvalue weighted by Crippen LogP contribution is -2.58. The molecule has 24 heteroatoms. The topological polar surface area (TPSA) is 174 Å². The van der Waals surface area contributed by atoms with Crippen LogP contribution in [0.4, 0.5) is 41.4 Å². The number of nitrogens with one attached hydrogen (secondary N) is 1.